The van der Waals surface area contributed by atoms with Crippen molar-refractivity contribution in [2.45, 2.75) is 12.5 Å². The van der Waals surface area contributed by atoms with Crippen molar-refractivity contribution in [2.24, 2.45) is 0 Å². The molecular formula is C8H18F2N2O. The molecule has 13 heavy (non-hydrogen) atoms. The van der Waals surface area contributed by atoms with Crippen molar-refractivity contribution in [3.63, 3.8) is 0 Å². The fraction of sp³-hybridized carbons (Fsp3) is 1.00. The van der Waals surface area contributed by atoms with Crippen LogP contribution in [0.2, 0.25) is 0 Å². The van der Waals surface area contributed by atoms with E-state index in [9.17, 15) is 8.78 Å². The van der Waals surface area contributed by atoms with Crippen LogP contribution in [0.15, 0.2) is 0 Å². The Balaban J connectivity index is 3.65. The maximum absolute atomic E-state index is 11.9. The number of alkyl halides is 2. The molecule has 0 spiro atoms. The van der Waals surface area contributed by atoms with Crippen LogP contribution < -0.4 is 5.32 Å². The number of likely N-dealkylation sites (N-methyl/N-ethyl adjacent to an activating group) is 2. The quantitative estimate of drug-likeness (QED) is 0.638. The van der Waals surface area contributed by atoms with Crippen LogP contribution in [-0.4, -0.2) is 58.3 Å². The van der Waals surface area contributed by atoms with Gasteiger partial charge in [-0.05, 0) is 14.1 Å². The average Bonchev–Trinajstić information content (AvgIpc) is 2.02. The van der Waals surface area contributed by atoms with E-state index >= 15 is 0 Å². The monoisotopic (exact) mass is 196 g/mol. The summed E-state index contributed by atoms with van der Waals surface area (Å²) >= 11 is 0. The minimum atomic E-state index is -2.27. The van der Waals surface area contributed by atoms with Crippen molar-refractivity contribution in [3.05, 3.63) is 0 Å². The molecule has 0 amide bonds. The van der Waals surface area contributed by atoms with Gasteiger partial charge in [-0.25, -0.2) is 8.78 Å². The van der Waals surface area contributed by atoms with E-state index in [4.69, 9.17) is 4.74 Å². The summed E-state index contributed by atoms with van der Waals surface area (Å²) in [6.45, 7) is 0.903. The molecule has 0 aliphatic heterocycles. The lowest BCUT2D eigenvalue weighted by molar-refractivity contribution is 0.0859. The molecule has 80 valence electrons. The van der Waals surface area contributed by atoms with E-state index < -0.39 is 6.43 Å². The first-order valence-corrected chi connectivity index (χ1v) is 4.23. The normalized spacial score (nSPS) is 14.1. The molecule has 5 heteroatoms. The number of methoxy groups -OCH3 is 1. The van der Waals surface area contributed by atoms with Crippen molar-refractivity contribution in [3.8, 4) is 0 Å². The van der Waals surface area contributed by atoms with Crippen LogP contribution in [0.25, 0.3) is 0 Å². The number of nitrogens with one attached hydrogen (secondary N) is 1. The highest BCUT2D eigenvalue weighted by Crippen LogP contribution is 1.97. The maximum atomic E-state index is 11.9. The third kappa shape index (κ3) is 6.86. The molecule has 0 radical (unpaired) electrons. The number of hydrogen-bond acceptors (Lipinski definition) is 3. The fourth-order valence-corrected chi connectivity index (χ4v) is 1.11. The second-order valence-corrected chi connectivity index (χ2v) is 3.05. The van der Waals surface area contributed by atoms with Crippen molar-refractivity contribution >= 4 is 0 Å². The van der Waals surface area contributed by atoms with E-state index in [2.05, 4.69) is 5.32 Å². The number of hydrogen-bond donors (Lipinski definition) is 1. The van der Waals surface area contributed by atoms with Gasteiger partial charge in [0.15, 0.2) is 0 Å². The second kappa shape index (κ2) is 7.17. The molecule has 1 N–H and O–H groups in total. The Morgan fingerprint density at radius 1 is 1.38 bits per heavy atom. The van der Waals surface area contributed by atoms with Crippen molar-refractivity contribution in [1.29, 1.82) is 0 Å². The zero-order chi connectivity index (χ0) is 10.3. The largest absolute Gasteiger partial charge is 0.383 e. The average molecular weight is 196 g/mol. The highest BCUT2D eigenvalue weighted by atomic mass is 19.3. The van der Waals surface area contributed by atoms with Crippen LogP contribution in [0.4, 0.5) is 8.78 Å². The number of halogens is 2. The van der Waals surface area contributed by atoms with Crippen LogP contribution in [0.1, 0.15) is 0 Å². The molecule has 0 aliphatic rings. The first-order valence-electron chi connectivity index (χ1n) is 4.23. The van der Waals surface area contributed by atoms with Gasteiger partial charge in [-0.1, -0.05) is 0 Å². The number of rotatable bonds is 7. The summed E-state index contributed by atoms with van der Waals surface area (Å²) in [5, 5.41) is 3.00. The SMILES string of the molecule is CNC(COC)CN(C)CC(F)F. The molecule has 0 rings (SSSR count). The molecule has 0 aromatic heterocycles. The molecule has 0 aromatic rings. The van der Waals surface area contributed by atoms with E-state index in [1.165, 1.54) is 0 Å². The van der Waals surface area contributed by atoms with Gasteiger partial charge in [-0.3, -0.25) is 4.90 Å². The molecule has 0 heterocycles. The first kappa shape index (κ1) is 12.7. The number of nitrogens with zero attached hydrogens (tertiary/aromatic N) is 1. The lowest BCUT2D eigenvalue weighted by atomic mass is 10.3. The Hall–Kier alpha value is -0.260. The Morgan fingerprint density at radius 2 is 2.00 bits per heavy atom. The molecule has 0 saturated heterocycles. The van der Waals surface area contributed by atoms with Crippen LogP contribution in [-0.2, 0) is 4.74 Å². The highest BCUT2D eigenvalue weighted by Gasteiger charge is 2.12. The van der Waals surface area contributed by atoms with Gasteiger partial charge in [0.2, 0.25) is 0 Å². The Labute approximate surface area is 78.0 Å². The van der Waals surface area contributed by atoms with E-state index in [-0.39, 0.29) is 12.6 Å². The summed E-state index contributed by atoms with van der Waals surface area (Å²) in [5.41, 5.74) is 0. The molecule has 1 unspecified atom stereocenters. The van der Waals surface area contributed by atoms with Crippen LogP contribution in [0.3, 0.4) is 0 Å². The smallest absolute Gasteiger partial charge is 0.251 e. The molecule has 0 fully saturated rings. The van der Waals surface area contributed by atoms with Gasteiger partial charge in [0, 0.05) is 19.7 Å². The van der Waals surface area contributed by atoms with Gasteiger partial charge in [0.1, 0.15) is 0 Å². The highest BCUT2D eigenvalue weighted by molar-refractivity contribution is 4.68. The lowest BCUT2D eigenvalue weighted by Gasteiger charge is -2.22. The maximum Gasteiger partial charge on any atom is 0.251 e. The minimum absolute atomic E-state index is 0.105. The summed E-state index contributed by atoms with van der Waals surface area (Å²) < 4.78 is 28.8. The zero-order valence-corrected chi connectivity index (χ0v) is 8.39. The summed E-state index contributed by atoms with van der Waals surface area (Å²) in [6, 6.07) is 0.105. The Bertz CT molecular complexity index is 125. The van der Waals surface area contributed by atoms with Crippen LogP contribution in [0, 0.1) is 0 Å². The summed E-state index contributed by atoms with van der Waals surface area (Å²) in [4.78, 5) is 1.59. The van der Waals surface area contributed by atoms with E-state index in [1.807, 2.05) is 0 Å². The van der Waals surface area contributed by atoms with Gasteiger partial charge in [-0.2, -0.15) is 0 Å². The summed E-state index contributed by atoms with van der Waals surface area (Å²) in [6.07, 6.45) is -2.27. The third-order valence-corrected chi connectivity index (χ3v) is 1.76. The molecule has 0 bridgehead atoms. The fourth-order valence-electron chi connectivity index (χ4n) is 1.11. The van der Waals surface area contributed by atoms with E-state index in [1.54, 1.807) is 26.1 Å². The van der Waals surface area contributed by atoms with E-state index in [0.717, 1.165) is 0 Å². The third-order valence-electron chi connectivity index (χ3n) is 1.76. The molecular weight excluding hydrogens is 178 g/mol. The zero-order valence-electron chi connectivity index (χ0n) is 8.39. The molecule has 1 atom stereocenters. The summed E-state index contributed by atoms with van der Waals surface area (Å²) in [7, 11) is 5.06. The van der Waals surface area contributed by atoms with Crippen LogP contribution >= 0.6 is 0 Å². The molecule has 3 nitrogen and oxygen atoms in total. The summed E-state index contributed by atoms with van der Waals surface area (Å²) in [5.74, 6) is 0. The van der Waals surface area contributed by atoms with E-state index in [0.29, 0.717) is 13.2 Å². The van der Waals surface area contributed by atoms with Gasteiger partial charge in [-0.15, -0.1) is 0 Å². The Kier molecular flexibility index (Phi) is 7.03. The lowest BCUT2D eigenvalue weighted by Crippen LogP contribution is -2.42. The minimum Gasteiger partial charge on any atom is -0.383 e. The van der Waals surface area contributed by atoms with Crippen molar-refractivity contribution in [1.82, 2.24) is 10.2 Å². The van der Waals surface area contributed by atoms with Gasteiger partial charge < -0.3 is 10.1 Å². The van der Waals surface area contributed by atoms with Gasteiger partial charge in [0.25, 0.3) is 6.43 Å². The van der Waals surface area contributed by atoms with Crippen molar-refractivity contribution < 1.29 is 13.5 Å². The first-order chi connectivity index (χ1) is 6.10. The van der Waals surface area contributed by atoms with Crippen LogP contribution in [0.5, 0.6) is 0 Å². The predicted octanol–water partition coefficient (Wildman–Crippen LogP) is 0.418. The standard InChI is InChI=1S/C8H18F2N2O/c1-11-7(6-13-3)4-12(2)5-8(9)10/h7-8,11H,4-6H2,1-3H3. The Morgan fingerprint density at radius 3 is 2.38 bits per heavy atom. The predicted molar refractivity (Wildman–Crippen MR) is 48.2 cm³/mol. The van der Waals surface area contributed by atoms with Gasteiger partial charge >= 0.3 is 0 Å². The molecule has 0 aliphatic carbocycles. The topological polar surface area (TPSA) is 24.5 Å². The number of ether oxygens (including phenoxy) is 1. The van der Waals surface area contributed by atoms with Crippen molar-refractivity contribution in [2.75, 3.05) is 40.9 Å². The molecule has 0 aromatic carbocycles. The van der Waals surface area contributed by atoms with Gasteiger partial charge in [0.05, 0.1) is 13.2 Å². The molecule has 0 saturated carbocycles. The second-order valence-electron chi connectivity index (χ2n) is 3.05.